The zero-order chi connectivity index (χ0) is 16.8. The van der Waals surface area contributed by atoms with Gasteiger partial charge in [0.15, 0.2) is 0 Å². The Morgan fingerprint density at radius 3 is 2.17 bits per heavy atom. The van der Waals surface area contributed by atoms with Crippen molar-refractivity contribution in [2.75, 3.05) is 0 Å². The van der Waals surface area contributed by atoms with E-state index in [0.29, 0.717) is 16.8 Å². The number of nitrogens with zero attached hydrogens (tertiary/aromatic N) is 2. The number of aryl methyl sites for hydroxylation is 1. The molecule has 0 heterocycles. The number of nitro groups is 1. The minimum atomic E-state index is -0.460. The summed E-state index contributed by atoms with van der Waals surface area (Å²) >= 11 is 0. The Morgan fingerprint density at radius 2 is 1.65 bits per heavy atom. The zero-order valence-corrected chi connectivity index (χ0v) is 12.9. The summed E-state index contributed by atoms with van der Waals surface area (Å²) in [7, 11) is 0. The van der Waals surface area contributed by atoms with Gasteiger partial charge in [-0.2, -0.15) is 5.10 Å². The first-order valence-corrected chi connectivity index (χ1v) is 7.19. The SMILES string of the molecule is CCc1ccc(C(=O)N/N=C(/C)c2ccc([N+](=O)[O-])cc2)cc1. The van der Waals surface area contributed by atoms with Crippen molar-refractivity contribution in [3.8, 4) is 0 Å². The fourth-order valence-electron chi connectivity index (χ4n) is 1.98. The van der Waals surface area contributed by atoms with Crippen LogP contribution in [0, 0.1) is 10.1 Å². The van der Waals surface area contributed by atoms with Crippen LogP contribution in [0.3, 0.4) is 0 Å². The van der Waals surface area contributed by atoms with Crippen LogP contribution in [0.4, 0.5) is 5.69 Å². The summed E-state index contributed by atoms with van der Waals surface area (Å²) in [6.45, 7) is 3.77. The molecule has 2 aromatic rings. The Hall–Kier alpha value is -3.02. The van der Waals surface area contributed by atoms with Crippen LogP contribution in [0.25, 0.3) is 0 Å². The van der Waals surface area contributed by atoms with E-state index in [4.69, 9.17) is 0 Å². The van der Waals surface area contributed by atoms with Crippen LogP contribution in [0.1, 0.15) is 35.3 Å². The molecule has 1 N–H and O–H groups in total. The number of carbonyl (C=O) groups is 1. The molecular formula is C17H17N3O3. The number of hydrazone groups is 1. The van der Waals surface area contributed by atoms with E-state index in [-0.39, 0.29) is 11.6 Å². The molecular weight excluding hydrogens is 294 g/mol. The predicted octanol–water partition coefficient (Wildman–Crippen LogP) is 3.31. The summed E-state index contributed by atoms with van der Waals surface area (Å²) in [6, 6.07) is 13.3. The third-order valence-corrected chi connectivity index (χ3v) is 3.45. The van der Waals surface area contributed by atoms with Gasteiger partial charge in [0.2, 0.25) is 0 Å². The lowest BCUT2D eigenvalue weighted by Crippen LogP contribution is -2.19. The number of non-ortho nitro benzene ring substituents is 1. The van der Waals surface area contributed by atoms with Crippen molar-refractivity contribution < 1.29 is 9.72 Å². The minimum Gasteiger partial charge on any atom is -0.267 e. The molecule has 0 radical (unpaired) electrons. The Labute approximate surface area is 134 Å². The summed E-state index contributed by atoms with van der Waals surface area (Å²) in [5.74, 6) is -0.297. The van der Waals surface area contributed by atoms with Crippen LogP contribution in [0.5, 0.6) is 0 Å². The van der Waals surface area contributed by atoms with Crippen LogP contribution in [0.15, 0.2) is 53.6 Å². The lowest BCUT2D eigenvalue weighted by atomic mass is 10.1. The Kier molecular flexibility index (Phi) is 5.19. The molecule has 0 bridgehead atoms. The molecule has 1 amide bonds. The van der Waals surface area contributed by atoms with Gasteiger partial charge in [0.25, 0.3) is 11.6 Å². The molecule has 0 aromatic heterocycles. The molecule has 118 valence electrons. The topological polar surface area (TPSA) is 84.6 Å². The molecule has 0 atom stereocenters. The van der Waals surface area contributed by atoms with E-state index in [2.05, 4.69) is 10.5 Å². The lowest BCUT2D eigenvalue weighted by molar-refractivity contribution is -0.384. The number of amides is 1. The number of nitro benzene ring substituents is 1. The van der Waals surface area contributed by atoms with Gasteiger partial charge in [0, 0.05) is 17.7 Å². The standard InChI is InChI=1S/C17H17N3O3/c1-3-13-4-6-15(7-5-13)17(21)19-18-12(2)14-8-10-16(11-9-14)20(22)23/h4-11H,3H2,1-2H3,(H,19,21)/b18-12-. The molecule has 0 aliphatic carbocycles. The second kappa shape index (κ2) is 7.31. The summed E-state index contributed by atoms with van der Waals surface area (Å²) < 4.78 is 0. The van der Waals surface area contributed by atoms with Gasteiger partial charge in [-0.15, -0.1) is 0 Å². The number of hydrogen-bond donors (Lipinski definition) is 1. The van der Waals surface area contributed by atoms with Crippen LogP contribution < -0.4 is 5.43 Å². The number of rotatable bonds is 5. The van der Waals surface area contributed by atoms with Gasteiger partial charge in [-0.25, -0.2) is 5.43 Å². The first kappa shape index (κ1) is 16.4. The van der Waals surface area contributed by atoms with Gasteiger partial charge in [0.1, 0.15) is 0 Å². The van der Waals surface area contributed by atoms with Gasteiger partial charge in [-0.05, 0) is 48.7 Å². The smallest absolute Gasteiger partial charge is 0.267 e. The normalized spacial score (nSPS) is 11.1. The number of hydrogen-bond acceptors (Lipinski definition) is 4. The van der Waals surface area contributed by atoms with Gasteiger partial charge in [-0.3, -0.25) is 14.9 Å². The Balaban J connectivity index is 2.05. The van der Waals surface area contributed by atoms with E-state index in [1.165, 1.54) is 12.1 Å². The largest absolute Gasteiger partial charge is 0.271 e. The molecule has 0 unspecified atom stereocenters. The molecule has 0 saturated heterocycles. The second-order valence-electron chi connectivity index (χ2n) is 4.99. The van der Waals surface area contributed by atoms with Gasteiger partial charge in [-0.1, -0.05) is 19.1 Å². The van der Waals surface area contributed by atoms with Crippen molar-refractivity contribution in [2.45, 2.75) is 20.3 Å². The summed E-state index contributed by atoms with van der Waals surface area (Å²) in [5.41, 5.74) is 5.47. The molecule has 6 heteroatoms. The lowest BCUT2D eigenvalue weighted by Gasteiger charge is -2.04. The molecule has 6 nitrogen and oxygen atoms in total. The maximum atomic E-state index is 12.0. The van der Waals surface area contributed by atoms with Crippen molar-refractivity contribution in [2.24, 2.45) is 5.10 Å². The molecule has 0 aliphatic heterocycles. The average molecular weight is 311 g/mol. The van der Waals surface area contributed by atoms with Crippen molar-refractivity contribution >= 4 is 17.3 Å². The van der Waals surface area contributed by atoms with Crippen LogP contribution in [-0.4, -0.2) is 16.5 Å². The molecule has 23 heavy (non-hydrogen) atoms. The van der Waals surface area contributed by atoms with Crippen molar-refractivity contribution in [1.29, 1.82) is 0 Å². The highest BCUT2D eigenvalue weighted by molar-refractivity contribution is 6.00. The number of carbonyl (C=O) groups excluding carboxylic acids is 1. The van der Waals surface area contributed by atoms with Gasteiger partial charge >= 0.3 is 0 Å². The molecule has 2 aromatic carbocycles. The highest BCUT2D eigenvalue weighted by Crippen LogP contribution is 2.12. The Bertz CT molecular complexity index is 735. The first-order valence-electron chi connectivity index (χ1n) is 7.19. The van der Waals surface area contributed by atoms with E-state index in [0.717, 1.165) is 12.0 Å². The number of nitrogens with one attached hydrogen (secondary N) is 1. The van der Waals surface area contributed by atoms with Gasteiger partial charge < -0.3 is 0 Å². The maximum Gasteiger partial charge on any atom is 0.271 e. The second-order valence-corrected chi connectivity index (χ2v) is 4.99. The van der Waals surface area contributed by atoms with Crippen molar-refractivity contribution in [3.05, 3.63) is 75.3 Å². The van der Waals surface area contributed by atoms with Crippen LogP contribution >= 0.6 is 0 Å². The fraction of sp³-hybridized carbons (Fsp3) is 0.176. The van der Waals surface area contributed by atoms with E-state index in [9.17, 15) is 14.9 Å². The quantitative estimate of drug-likeness (QED) is 0.522. The number of benzene rings is 2. The summed E-state index contributed by atoms with van der Waals surface area (Å²) in [6.07, 6.45) is 0.916. The summed E-state index contributed by atoms with van der Waals surface area (Å²) in [5, 5.41) is 14.7. The molecule has 0 saturated carbocycles. The van der Waals surface area contributed by atoms with E-state index < -0.39 is 4.92 Å². The van der Waals surface area contributed by atoms with E-state index in [1.807, 2.05) is 19.1 Å². The molecule has 2 rings (SSSR count). The van der Waals surface area contributed by atoms with Crippen molar-refractivity contribution in [1.82, 2.24) is 5.43 Å². The van der Waals surface area contributed by atoms with Gasteiger partial charge in [0.05, 0.1) is 10.6 Å². The van der Waals surface area contributed by atoms with Crippen molar-refractivity contribution in [3.63, 3.8) is 0 Å². The highest BCUT2D eigenvalue weighted by Gasteiger charge is 2.07. The molecule has 0 spiro atoms. The molecule has 0 fully saturated rings. The molecule has 0 aliphatic rings. The highest BCUT2D eigenvalue weighted by atomic mass is 16.6. The average Bonchev–Trinajstić information content (AvgIpc) is 2.59. The predicted molar refractivity (Wildman–Crippen MR) is 88.6 cm³/mol. The van der Waals surface area contributed by atoms with Crippen LogP contribution in [-0.2, 0) is 6.42 Å². The zero-order valence-electron chi connectivity index (χ0n) is 12.9. The minimum absolute atomic E-state index is 0.0154. The monoisotopic (exact) mass is 311 g/mol. The fourth-order valence-corrected chi connectivity index (χ4v) is 1.98. The first-order chi connectivity index (χ1) is 11.0. The third-order valence-electron chi connectivity index (χ3n) is 3.45. The van der Waals surface area contributed by atoms with E-state index >= 15 is 0 Å². The third kappa shape index (κ3) is 4.23. The maximum absolute atomic E-state index is 12.0. The van der Waals surface area contributed by atoms with E-state index in [1.54, 1.807) is 31.2 Å². The van der Waals surface area contributed by atoms with Crippen LogP contribution in [0.2, 0.25) is 0 Å². The summed E-state index contributed by atoms with van der Waals surface area (Å²) in [4.78, 5) is 22.2. The Morgan fingerprint density at radius 1 is 1.09 bits per heavy atom.